The summed E-state index contributed by atoms with van der Waals surface area (Å²) in [5.74, 6) is 0. The smallest absolute Gasteiger partial charge is 0.271 e. The first-order valence-electron chi connectivity index (χ1n) is 9.63. The van der Waals surface area contributed by atoms with Crippen LogP contribution in [0.5, 0.6) is 0 Å². The van der Waals surface area contributed by atoms with Crippen LogP contribution >= 0.6 is 11.3 Å². The average Bonchev–Trinajstić information content (AvgIpc) is 3.39. The number of rotatable bonds is 7. The maximum atomic E-state index is 12.8. The number of aromatic nitrogens is 2. The largest absolute Gasteiger partial charge is 0.378 e. The summed E-state index contributed by atoms with van der Waals surface area (Å²) in [7, 11) is -3.64. The topological polar surface area (TPSA) is 76.5 Å². The quantitative estimate of drug-likeness (QED) is 0.617. The predicted molar refractivity (Wildman–Crippen MR) is 116 cm³/mol. The lowest BCUT2D eigenvalue weighted by molar-refractivity contribution is 0.122. The van der Waals surface area contributed by atoms with E-state index in [1.165, 1.54) is 11.3 Å². The van der Waals surface area contributed by atoms with Crippen LogP contribution in [0.25, 0.3) is 11.3 Å². The molecule has 3 heterocycles. The maximum Gasteiger partial charge on any atom is 0.271 e. The molecule has 0 atom stereocenters. The molecule has 1 aromatic carbocycles. The standard InChI is InChI=1S/C20H24N4O3S2/c1-2-9-24-19(7-8-21-24)16-14-20(28-15-16)29(25,26)22-17-3-5-18(6-4-17)23-10-12-27-13-11-23/h3-8,14-15,22H,2,9-13H2,1H3. The molecule has 0 amide bonds. The Balaban J connectivity index is 1.49. The van der Waals surface area contributed by atoms with E-state index < -0.39 is 10.0 Å². The highest BCUT2D eigenvalue weighted by atomic mass is 32.2. The van der Waals surface area contributed by atoms with Crippen molar-refractivity contribution in [2.75, 3.05) is 35.9 Å². The van der Waals surface area contributed by atoms with Crippen molar-refractivity contribution in [1.29, 1.82) is 0 Å². The molecule has 1 fully saturated rings. The normalized spacial score (nSPS) is 14.9. The second kappa shape index (κ2) is 8.56. The summed E-state index contributed by atoms with van der Waals surface area (Å²) in [4.78, 5) is 2.23. The molecule has 1 saturated heterocycles. The zero-order valence-electron chi connectivity index (χ0n) is 16.2. The van der Waals surface area contributed by atoms with Crippen molar-refractivity contribution in [2.45, 2.75) is 24.1 Å². The van der Waals surface area contributed by atoms with Gasteiger partial charge in [0.2, 0.25) is 0 Å². The summed E-state index contributed by atoms with van der Waals surface area (Å²) in [5.41, 5.74) is 3.41. The van der Waals surface area contributed by atoms with E-state index in [9.17, 15) is 8.42 Å². The second-order valence-electron chi connectivity index (χ2n) is 6.85. The van der Waals surface area contributed by atoms with Gasteiger partial charge in [0, 0.05) is 48.1 Å². The fourth-order valence-electron chi connectivity index (χ4n) is 3.33. The van der Waals surface area contributed by atoms with Gasteiger partial charge in [0.25, 0.3) is 10.0 Å². The van der Waals surface area contributed by atoms with Gasteiger partial charge in [-0.2, -0.15) is 5.10 Å². The monoisotopic (exact) mass is 432 g/mol. The summed E-state index contributed by atoms with van der Waals surface area (Å²) >= 11 is 1.21. The Labute approximate surface area is 175 Å². The Morgan fingerprint density at radius 2 is 1.93 bits per heavy atom. The van der Waals surface area contributed by atoms with E-state index in [1.807, 2.05) is 28.3 Å². The molecule has 154 valence electrons. The van der Waals surface area contributed by atoms with E-state index in [1.54, 1.807) is 24.4 Å². The third kappa shape index (κ3) is 4.47. The van der Waals surface area contributed by atoms with Gasteiger partial charge in [-0.15, -0.1) is 11.3 Å². The van der Waals surface area contributed by atoms with Crippen LogP contribution in [0.2, 0.25) is 0 Å². The molecular weight excluding hydrogens is 408 g/mol. The van der Waals surface area contributed by atoms with Crippen LogP contribution in [0.15, 0.2) is 52.2 Å². The molecule has 0 aliphatic carbocycles. The lowest BCUT2D eigenvalue weighted by Gasteiger charge is -2.28. The molecule has 4 rings (SSSR count). The number of hydrogen-bond acceptors (Lipinski definition) is 6. The van der Waals surface area contributed by atoms with Gasteiger partial charge in [0.05, 0.1) is 18.9 Å². The fraction of sp³-hybridized carbons (Fsp3) is 0.350. The van der Waals surface area contributed by atoms with Gasteiger partial charge in [-0.1, -0.05) is 6.92 Å². The molecule has 1 aliphatic heterocycles. The van der Waals surface area contributed by atoms with Crippen LogP contribution in [-0.2, 0) is 21.3 Å². The highest BCUT2D eigenvalue weighted by molar-refractivity contribution is 7.94. The van der Waals surface area contributed by atoms with Crippen LogP contribution < -0.4 is 9.62 Å². The SMILES string of the molecule is CCCn1nccc1-c1csc(S(=O)(=O)Nc2ccc(N3CCOCC3)cc2)c1. The molecule has 0 spiro atoms. The molecule has 2 aromatic heterocycles. The third-order valence-electron chi connectivity index (χ3n) is 4.78. The molecular formula is C20H24N4O3S2. The van der Waals surface area contributed by atoms with Gasteiger partial charge < -0.3 is 9.64 Å². The minimum atomic E-state index is -3.64. The van der Waals surface area contributed by atoms with Crippen molar-refractivity contribution < 1.29 is 13.2 Å². The van der Waals surface area contributed by atoms with Gasteiger partial charge in [-0.05, 0) is 42.8 Å². The average molecular weight is 433 g/mol. The highest BCUT2D eigenvalue weighted by Crippen LogP contribution is 2.30. The highest BCUT2D eigenvalue weighted by Gasteiger charge is 2.19. The second-order valence-corrected chi connectivity index (χ2v) is 9.67. The van der Waals surface area contributed by atoms with E-state index in [0.717, 1.165) is 43.0 Å². The molecule has 3 aromatic rings. The number of ether oxygens (including phenoxy) is 1. The van der Waals surface area contributed by atoms with Crippen molar-refractivity contribution in [3.05, 3.63) is 48.0 Å². The van der Waals surface area contributed by atoms with Crippen molar-refractivity contribution in [1.82, 2.24) is 9.78 Å². The summed E-state index contributed by atoms with van der Waals surface area (Å²) < 4.78 is 35.9. The lowest BCUT2D eigenvalue weighted by atomic mass is 10.2. The van der Waals surface area contributed by atoms with Gasteiger partial charge in [-0.3, -0.25) is 9.40 Å². The number of morpholine rings is 1. The van der Waals surface area contributed by atoms with Gasteiger partial charge >= 0.3 is 0 Å². The number of nitrogens with zero attached hydrogens (tertiary/aromatic N) is 3. The maximum absolute atomic E-state index is 12.8. The number of nitrogens with one attached hydrogen (secondary N) is 1. The molecule has 0 bridgehead atoms. The van der Waals surface area contributed by atoms with Crippen LogP contribution in [0.3, 0.4) is 0 Å². The molecule has 0 unspecified atom stereocenters. The molecule has 1 aliphatic rings. The first-order valence-corrected chi connectivity index (χ1v) is 12.0. The number of benzene rings is 1. The van der Waals surface area contributed by atoms with Crippen LogP contribution in [0.1, 0.15) is 13.3 Å². The Bertz CT molecular complexity index is 1050. The Hall–Kier alpha value is -2.36. The summed E-state index contributed by atoms with van der Waals surface area (Å²) in [6.07, 6.45) is 2.71. The molecule has 29 heavy (non-hydrogen) atoms. The summed E-state index contributed by atoms with van der Waals surface area (Å²) in [6.45, 7) is 6.01. The van der Waals surface area contributed by atoms with Crippen molar-refractivity contribution >= 4 is 32.7 Å². The van der Waals surface area contributed by atoms with Gasteiger partial charge in [-0.25, -0.2) is 8.42 Å². The predicted octanol–water partition coefficient (Wildman–Crippen LogP) is 3.66. The zero-order chi connectivity index (χ0) is 20.3. The van der Waals surface area contributed by atoms with E-state index in [-0.39, 0.29) is 4.21 Å². The minimum absolute atomic E-state index is 0.286. The molecule has 9 heteroatoms. The number of hydrogen-bond donors (Lipinski definition) is 1. The molecule has 0 radical (unpaired) electrons. The summed E-state index contributed by atoms with van der Waals surface area (Å²) in [5, 5.41) is 6.17. The van der Waals surface area contributed by atoms with E-state index in [0.29, 0.717) is 18.9 Å². The first-order chi connectivity index (χ1) is 14.1. The Morgan fingerprint density at radius 3 is 2.66 bits per heavy atom. The molecule has 7 nitrogen and oxygen atoms in total. The third-order valence-corrected chi connectivity index (χ3v) is 7.60. The Kier molecular flexibility index (Phi) is 5.89. The van der Waals surface area contributed by atoms with Crippen molar-refractivity contribution in [2.24, 2.45) is 0 Å². The van der Waals surface area contributed by atoms with E-state index in [4.69, 9.17) is 4.74 Å². The van der Waals surface area contributed by atoms with Gasteiger partial charge in [0.15, 0.2) is 0 Å². The van der Waals surface area contributed by atoms with E-state index in [2.05, 4.69) is 21.6 Å². The fourth-order valence-corrected chi connectivity index (χ4v) is 5.56. The molecule has 0 saturated carbocycles. The minimum Gasteiger partial charge on any atom is -0.378 e. The zero-order valence-corrected chi connectivity index (χ0v) is 17.9. The first kappa shape index (κ1) is 19.9. The number of anilines is 2. The van der Waals surface area contributed by atoms with Crippen molar-refractivity contribution in [3.8, 4) is 11.3 Å². The number of sulfonamides is 1. The molecule has 1 N–H and O–H groups in total. The van der Waals surface area contributed by atoms with E-state index >= 15 is 0 Å². The van der Waals surface area contributed by atoms with Crippen LogP contribution in [0, 0.1) is 0 Å². The lowest BCUT2D eigenvalue weighted by Crippen LogP contribution is -2.36. The number of aryl methyl sites for hydroxylation is 1. The van der Waals surface area contributed by atoms with Crippen LogP contribution in [0.4, 0.5) is 11.4 Å². The Morgan fingerprint density at radius 1 is 1.17 bits per heavy atom. The van der Waals surface area contributed by atoms with Crippen LogP contribution in [-0.4, -0.2) is 44.5 Å². The number of thiophene rings is 1. The van der Waals surface area contributed by atoms with Gasteiger partial charge in [0.1, 0.15) is 4.21 Å². The summed E-state index contributed by atoms with van der Waals surface area (Å²) in [6, 6.07) is 11.1. The van der Waals surface area contributed by atoms with Crippen molar-refractivity contribution in [3.63, 3.8) is 0 Å².